The summed E-state index contributed by atoms with van der Waals surface area (Å²) in [5.74, 6) is 0.404. The Labute approximate surface area is 191 Å². The summed E-state index contributed by atoms with van der Waals surface area (Å²) in [6, 6.07) is 0.00114. The van der Waals surface area contributed by atoms with E-state index in [1.54, 1.807) is 9.58 Å². The zero-order valence-corrected chi connectivity index (χ0v) is 20.1. The van der Waals surface area contributed by atoms with Gasteiger partial charge in [-0.25, -0.2) is 9.48 Å². The van der Waals surface area contributed by atoms with E-state index in [0.29, 0.717) is 17.7 Å². The van der Waals surface area contributed by atoms with Crippen molar-refractivity contribution in [3.8, 4) is 0 Å². The van der Waals surface area contributed by atoms with E-state index in [9.17, 15) is 4.79 Å². The Kier molecular flexibility index (Phi) is 6.70. The summed E-state index contributed by atoms with van der Waals surface area (Å²) in [7, 11) is 3.64. The first kappa shape index (κ1) is 23.0. The number of hydrogen-bond donors (Lipinski definition) is 0. The maximum atomic E-state index is 12.7. The molecule has 2 heterocycles. The summed E-state index contributed by atoms with van der Waals surface area (Å²) in [6.45, 7) is 6.49. The molecule has 2 fully saturated rings. The van der Waals surface area contributed by atoms with Crippen LogP contribution < -0.4 is 0 Å². The van der Waals surface area contributed by atoms with Crippen molar-refractivity contribution in [3.05, 3.63) is 23.5 Å². The maximum Gasteiger partial charge on any atom is 0.410 e. The van der Waals surface area contributed by atoms with E-state index in [2.05, 4.69) is 37.2 Å². The highest BCUT2D eigenvalue weighted by Crippen LogP contribution is 2.47. The minimum atomic E-state index is -0.307. The van der Waals surface area contributed by atoms with Gasteiger partial charge < -0.3 is 14.4 Å². The number of dihydropyridines is 1. The van der Waals surface area contributed by atoms with Crippen LogP contribution in [0.15, 0.2) is 17.1 Å². The quantitative estimate of drug-likeness (QED) is 0.635. The number of rotatable bonds is 7. The van der Waals surface area contributed by atoms with Gasteiger partial charge in [0.15, 0.2) is 0 Å². The molecule has 2 aliphatic carbocycles. The monoisotopic (exact) mass is 443 g/mol. The molecule has 0 spiro atoms. The molecule has 2 unspecified atom stereocenters. The molecule has 8 heteroatoms. The van der Waals surface area contributed by atoms with Crippen LogP contribution in [0.1, 0.15) is 77.1 Å². The van der Waals surface area contributed by atoms with Crippen molar-refractivity contribution in [2.45, 2.75) is 96.1 Å². The molecule has 0 bridgehead atoms. The molecule has 32 heavy (non-hydrogen) atoms. The van der Waals surface area contributed by atoms with Crippen LogP contribution in [0.4, 0.5) is 4.79 Å². The van der Waals surface area contributed by atoms with Gasteiger partial charge in [-0.05, 0) is 44.6 Å². The summed E-state index contributed by atoms with van der Waals surface area (Å²) in [6.07, 6.45) is 12.2. The van der Waals surface area contributed by atoms with Gasteiger partial charge >= 0.3 is 6.09 Å². The van der Waals surface area contributed by atoms with Crippen molar-refractivity contribution in [3.63, 3.8) is 0 Å². The molecule has 0 saturated heterocycles. The predicted molar refractivity (Wildman–Crippen MR) is 123 cm³/mol. The lowest BCUT2D eigenvalue weighted by Crippen LogP contribution is -2.42. The standard InChI is InChI=1S/C24H37N5O3/c1-16(2)24(13-14-24)28(4)23(30)31-15-20-22(26-27-29(20)5)19-11-12-21(17(3)25-19)32-18-9-7-6-8-10-18/h11-12,16-18,21H,6-10,13-15H2,1-5H3. The van der Waals surface area contributed by atoms with Crippen molar-refractivity contribution >= 4 is 11.8 Å². The highest BCUT2D eigenvalue weighted by molar-refractivity contribution is 6.08. The number of aromatic nitrogens is 3. The Morgan fingerprint density at radius 3 is 2.62 bits per heavy atom. The van der Waals surface area contributed by atoms with Gasteiger partial charge in [0.1, 0.15) is 18.0 Å². The summed E-state index contributed by atoms with van der Waals surface area (Å²) < 4.78 is 13.6. The van der Waals surface area contributed by atoms with Crippen LogP contribution in [0.3, 0.4) is 0 Å². The lowest BCUT2D eigenvalue weighted by molar-refractivity contribution is -0.0155. The Bertz CT molecular complexity index is 880. The minimum Gasteiger partial charge on any atom is -0.443 e. The largest absolute Gasteiger partial charge is 0.443 e. The third-order valence-corrected chi connectivity index (χ3v) is 7.46. The van der Waals surface area contributed by atoms with Gasteiger partial charge in [0, 0.05) is 19.6 Å². The second kappa shape index (κ2) is 9.33. The summed E-state index contributed by atoms with van der Waals surface area (Å²) in [5, 5.41) is 8.47. The minimum absolute atomic E-state index is 0.00114. The molecular weight excluding hydrogens is 406 g/mol. The number of ether oxygens (including phenoxy) is 2. The average Bonchev–Trinajstić information content (AvgIpc) is 3.52. The van der Waals surface area contributed by atoms with Crippen LogP contribution >= 0.6 is 0 Å². The van der Waals surface area contributed by atoms with E-state index in [-0.39, 0.29) is 30.4 Å². The first-order chi connectivity index (χ1) is 15.3. The van der Waals surface area contributed by atoms with Gasteiger partial charge in [-0.15, -0.1) is 5.10 Å². The van der Waals surface area contributed by atoms with Crippen molar-refractivity contribution in [2.75, 3.05) is 7.05 Å². The Balaban J connectivity index is 1.40. The number of aliphatic imine (C=N–C) groups is 1. The Morgan fingerprint density at radius 2 is 2.00 bits per heavy atom. The molecule has 0 aromatic carbocycles. The third kappa shape index (κ3) is 4.60. The lowest BCUT2D eigenvalue weighted by atomic mass is 9.97. The van der Waals surface area contributed by atoms with Gasteiger partial charge in [0.05, 0.1) is 24.0 Å². The van der Waals surface area contributed by atoms with Gasteiger partial charge in [-0.2, -0.15) is 0 Å². The van der Waals surface area contributed by atoms with Crippen LogP contribution in [0.5, 0.6) is 0 Å². The number of carbonyl (C=O) groups is 1. The predicted octanol–water partition coefficient (Wildman–Crippen LogP) is 4.04. The van der Waals surface area contributed by atoms with E-state index in [1.807, 2.05) is 20.2 Å². The second-order valence-corrected chi connectivity index (χ2v) is 9.86. The molecule has 1 aliphatic heterocycles. The number of aryl methyl sites for hydroxylation is 1. The summed E-state index contributed by atoms with van der Waals surface area (Å²) in [4.78, 5) is 19.3. The number of carbonyl (C=O) groups excluding carboxylic acids is 1. The first-order valence-corrected chi connectivity index (χ1v) is 12.0. The van der Waals surface area contributed by atoms with E-state index in [1.165, 1.54) is 19.3 Å². The topological polar surface area (TPSA) is 81.8 Å². The Morgan fingerprint density at radius 1 is 1.28 bits per heavy atom. The normalized spacial score (nSPS) is 25.0. The molecule has 8 nitrogen and oxygen atoms in total. The average molecular weight is 444 g/mol. The van der Waals surface area contributed by atoms with Crippen LogP contribution in [0, 0.1) is 5.92 Å². The van der Waals surface area contributed by atoms with Crippen molar-refractivity contribution in [1.82, 2.24) is 19.9 Å². The van der Waals surface area contributed by atoms with Gasteiger partial charge in [0.2, 0.25) is 0 Å². The van der Waals surface area contributed by atoms with E-state index >= 15 is 0 Å². The zero-order chi connectivity index (χ0) is 22.9. The second-order valence-electron chi connectivity index (χ2n) is 9.86. The van der Waals surface area contributed by atoms with Gasteiger partial charge in [-0.1, -0.05) is 44.4 Å². The molecule has 0 N–H and O–H groups in total. The molecule has 3 aliphatic rings. The smallest absolute Gasteiger partial charge is 0.410 e. The van der Waals surface area contributed by atoms with Crippen LogP contribution in [0.25, 0.3) is 0 Å². The SMILES string of the molecule is CC1N=C(c2nnn(C)c2COC(=O)N(C)C2(C(C)C)CC2)C=CC1OC1CCCCC1. The van der Waals surface area contributed by atoms with E-state index in [4.69, 9.17) is 14.5 Å². The molecule has 176 valence electrons. The fourth-order valence-corrected chi connectivity index (χ4v) is 4.98. The molecule has 1 aromatic heterocycles. The molecule has 2 saturated carbocycles. The van der Waals surface area contributed by atoms with Gasteiger partial charge in [0.25, 0.3) is 0 Å². The summed E-state index contributed by atoms with van der Waals surface area (Å²) in [5.41, 5.74) is 2.09. The fraction of sp³-hybridized carbons (Fsp3) is 0.750. The molecule has 2 atom stereocenters. The van der Waals surface area contributed by atoms with Crippen LogP contribution in [-0.2, 0) is 23.1 Å². The van der Waals surface area contributed by atoms with Gasteiger partial charge in [-0.3, -0.25) is 4.99 Å². The number of nitrogens with zero attached hydrogens (tertiary/aromatic N) is 5. The molecule has 4 rings (SSSR count). The van der Waals surface area contributed by atoms with Crippen molar-refractivity contribution in [1.29, 1.82) is 0 Å². The highest BCUT2D eigenvalue weighted by Gasteiger charge is 2.51. The maximum absolute atomic E-state index is 12.7. The molecule has 0 radical (unpaired) electrons. The zero-order valence-electron chi connectivity index (χ0n) is 20.1. The highest BCUT2D eigenvalue weighted by atomic mass is 16.6. The van der Waals surface area contributed by atoms with E-state index in [0.717, 1.165) is 37.1 Å². The number of amides is 1. The summed E-state index contributed by atoms with van der Waals surface area (Å²) >= 11 is 0. The van der Waals surface area contributed by atoms with Crippen LogP contribution in [-0.4, -0.2) is 62.5 Å². The van der Waals surface area contributed by atoms with Crippen molar-refractivity contribution in [2.24, 2.45) is 18.0 Å². The lowest BCUT2D eigenvalue weighted by Gasteiger charge is -2.30. The van der Waals surface area contributed by atoms with Crippen molar-refractivity contribution < 1.29 is 14.3 Å². The third-order valence-electron chi connectivity index (χ3n) is 7.46. The van der Waals surface area contributed by atoms with E-state index < -0.39 is 0 Å². The fourth-order valence-electron chi connectivity index (χ4n) is 4.98. The number of allylic oxidation sites excluding steroid dienone is 1. The number of hydrogen-bond acceptors (Lipinski definition) is 6. The molecule has 1 aromatic rings. The van der Waals surface area contributed by atoms with Crippen LogP contribution in [0.2, 0.25) is 0 Å². The first-order valence-electron chi connectivity index (χ1n) is 12.0. The molecule has 1 amide bonds. The molecular formula is C24H37N5O3. The Hall–Kier alpha value is -2.22.